The molecule has 0 saturated carbocycles. The van der Waals surface area contributed by atoms with Gasteiger partial charge in [-0.05, 0) is 120 Å². The maximum absolute atomic E-state index is 2.36. The summed E-state index contributed by atoms with van der Waals surface area (Å²) in [4.78, 5) is 2.36. The molecule has 0 aliphatic carbocycles. The average Bonchev–Trinajstić information content (AvgIpc) is 3.30. The second kappa shape index (κ2) is 15.0. The van der Waals surface area contributed by atoms with Gasteiger partial charge in [-0.3, -0.25) is 0 Å². The van der Waals surface area contributed by atoms with Crippen LogP contribution in [0.4, 0.5) is 17.1 Å². The number of fused-ring (bicyclic) bond motifs is 3. The predicted octanol–water partition coefficient (Wildman–Crippen LogP) is 15.8. The molecule has 0 atom stereocenters. The second-order valence-electron chi connectivity index (χ2n) is 14.5. The van der Waals surface area contributed by atoms with Gasteiger partial charge in [0, 0.05) is 17.1 Å². The van der Waals surface area contributed by atoms with Crippen LogP contribution in [0.2, 0.25) is 0 Å². The van der Waals surface area contributed by atoms with Crippen molar-refractivity contribution in [2.45, 2.75) is 0 Å². The molecule has 1 nitrogen and oxygen atoms in total. The zero-order valence-corrected chi connectivity index (χ0v) is 31.5. The zero-order chi connectivity index (χ0) is 38.0. The molecule has 57 heavy (non-hydrogen) atoms. The number of hydrogen-bond donors (Lipinski definition) is 0. The molecular weight excluding hydrogens is 687 g/mol. The second-order valence-corrected chi connectivity index (χ2v) is 14.5. The van der Waals surface area contributed by atoms with Crippen molar-refractivity contribution in [3.63, 3.8) is 0 Å². The van der Waals surface area contributed by atoms with Gasteiger partial charge in [-0.15, -0.1) is 0 Å². The van der Waals surface area contributed by atoms with E-state index in [9.17, 15) is 0 Å². The fourth-order valence-electron chi connectivity index (χ4n) is 8.32. The molecule has 1 heteroatoms. The molecule has 0 aliphatic rings. The first-order valence-electron chi connectivity index (χ1n) is 19.6. The van der Waals surface area contributed by atoms with Gasteiger partial charge in [0.2, 0.25) is 0 Å². The number of hydrogen-bond acceptors (Lipinski definition) is 1. The van der Waals surface area contributed by atoms with Gasteiger partial charge in [0.05, 0.1) is 0 Å². The van der Waals surface area contributed by atoms with Gasteiger partial charge in [0.1, 0.15) is 0 Å². The summed E-state index contributed by atoms with van der Waals surface area (Å²) < 4.78 is 0. The molecule has 0 bridgehead atoms. The molecule has 0 N–H and O–H groups in total. The largest absolute Gasteiger partial charge is 0.311 e. The highest BCUT2D eigenvalue weighted by Gasteiger charge is 2.19. The highest BCUT2D eigenvalue weighted by molar-refractivity contribution is 6.21. The average molecular weight is 726 g/mol. The van der Waals surface area contributed by atoms with Crippen LogP contribution < -0.4 is 4.90 Å². The Morgan fingerprint density at radius 2 is 0.474 bits per heavy atom. The van der Waals surface area contributed by atoms with E-state index in [0.717, 1.165) is 17.1 Å². The lowest BCUT2D eigenvalue weighted by atomic mass is 9.85. The Kier molecular flexibility index (Phi) is 8.95. The van der Waals surface area contributed by atoms with Gasteiger partial charge >= 0.3 is 0 Å². The van der Waals surface area contributed by atoms with Crippen molar-refractivity contribution in [1.82, 2.24) is 0 Å². The first-order valence-corrected chi connectivity index (χ1v) is 19.6. The van der Waals surface area contributed by atoms with Crippen molar-refractivity contribution in [2.75, 3.05) is 4.90 Å². The molecule has 0 amide bonds. The SMILES string of the molecule is c1ccc(-c2ccc(N(c3ccc(-c4cccc(-c5ccccc5)c4)cc3)c3ccc(-c4c(-c5ccccc5)c5ccccc5c5ccccc45)cc3)cc2)cc1. The van der Waals surface area contributed by atoms with Crippen molar-refractivity contribution in [3.8, 4) is 55.6 Å². The smallest absolute Gasteiger partial charge is 0.0462 e. The van der Waals surface area contributed by atoms with Gasteiger partial charge in [-0.25, -0.2) is 0 Å². The van der Waals surface area contributed by atoms with Crippen molar-refractivity contribution >= 4 is 38.6 Å². The van der Waals surface area contributed by atoms with Crippen LogP contribution in [0, 0.1) is 0 Å². The number of anilines is 3. The minimum Gasteiger partial charge on any atom is -0.311 e. The van der Waals surface area contributed by atoms with Crippen LogP contribution in [0.1, 0.15) is 0 Å². The maximum atomic E-state index is 2.36. The fourth-order valence-corrected chi connectivity index (χ4v) is 8.32. The van der Waals surface area contributed by atoms with E-state index < -0.39 is 0 Å². The minimum atomic E-state index is 1.09. The van der Waals surface area contributed by atoms with Crippen LogP contribution in [0.25, 0.3) is 77.2 Å². The molecule has 0 aliphatic heterocycles. The Morgan fingerprint density at radius 3 is 0.912 bits per heavy atom. The highest BCUT2D eigenvalue weighted by Crippen LogP contribution is 2.45. The molecule has 10 rings (SSSR count). The van der Waals surface area contributed by atoms with Crippen LogP contribution in [0.15, 0.2) is 237 Å². The van der Waals surface area contributed by atoms with Gasteiger partial charge in [-0.2, -0.15) is 0 Å². The summed E-state index contributed by atoms with van der Waals surface area (Å²) in [7, 11) is 0. The van der Waals surface area contributed by atoms with Gasteiger partial charge in [0.15, 0.2) is 0 Å². The summed E-state index contributed by atoms with van der Waals surface area (Å²) in [6, 6.07) is 85.5. The third-order valence-electron chi connectivity index (χ3n) is 11.1. The Morgan fingerprint density at radius 1 is 0.193 bits per heavy atom. The van der Waals surface area contributed by atoms with E-state index in [-0.39, 0.29) is 0 Å². The minimum absolute atomic E-state index is 1.09. The Labute approximate surface area is 334 Å². The lowest BCUT2D eigenvalue weighted by Gasteiger charge is -2.26. The lowest BCUT2D eigenvalue weighted by Crippen LogP contribution is -2.09. The highest BCUT2D eigenvalue weighted by atomic mass is 15.1. The quantitative estimate of drug-likeness (QED) is 0.141. The summed E-state index contributed by atoms with van der Waals surface area (Å²) in [6.45, 7) is 0. The molecule has 0 saturated heterocycles. The molecule has 0 fully saturated rings. The number of nitrogens with zero attached hydrogens (tertiary/aromatic N) is 1. The Balaban J connectivity index is 1.09. The van der Waals surface area contributed by atoms with Crippen LogP contribution in [-0.2, 0) is 0 Å². The maximum Gasteiger partial charge on any atom is 0.0462 e. The standard InChI is InChI=1S/C56H39N/c1-4-15-40(16-5-1)42-27-33-48(34-28-42)57(49-35-29-43(30-36-49)47-22-14-21-46(39-47)41-17-6-2-7-18-41)50-37-31-45(32-38-50)56-54-26-13-11-24-52(54)51-23-10-12-25-53(51)55(56)44-19-8-3-9-20-44/h1-39H. The first kappa shape index (κ1) is 34.0. The lowest BCUT2D eigenvalue weighted by molar-refractivity contribution is 1.28. The number of benzene rings is 10. The zero-order valence-electron chi connectivity index (χ0n) is 31.5. The fraction of sp³-hybridized carbons (Fsp3) is 0. The topological polar surface area (TPSA) is 3.24 Å². The first-order chi connectivity index (χ1) is 28.3. The van der Waals surface area contributed by atoms with Crippen molar-refractivity contribution < 1.29 is 0 Å². The van der Waals surface area contributed by atoms with E-state index in [1.54, 1.807) is 0 Å². The molecule has 268 valence electrons. The van der Waals surface area contributed by atoms with Crippen LogP contribution in [-0.4, -0.2) is 0 Å². The Hall–Kier alpha value is -7.48. The molecule has 0 heterocycles. The summed E-state index contributed by atoms with van der Waals surface area (Å²) >= 11 is 0. The summed E-state index contributed by atoms with van der Waals surface area (Å²) in [6.07, 6.45) is 0. The summed E-state index contributed by atoms with van der Waals surface area (Å²) in [5.74, 6) is 0. The van der Waals surface area contributed by atoms with Crippen LogP contribution >= 0.6 is 0 Å². The summed E-state index contributed by atoms with van der Waals surface area (Å²) in [5, 5.41) is 5.05. The monoisotopic (exact) mass is 725 g/mol. The predicted molar refractivity (Wildman–Crippen MR) is 243 cm³/mol. The molecule has 0 spiro atoms. The van der Waals surface area contributed by atoms with E-state index in [2.05, 4.69) is 241 Å². The van der Waals surface area contributed by atoms with E-state index >= 15 is 0 Å². The van der Waals surface area contributed by atoms with E-state index in [1.165, 1.54) is 77.2 Å². The van der Waals surface area contributed by atoms with Crippen molar-refractivity contribution in [3.05, 3.63) is 237 Å². The summed E-state index contributed by atoms with van der Waals surface area (Å²) in [5.41, 5.74) is 15.4. The third-order valence-corrected chi connectivity index (χ3v) is 11.1. The van der Waals surface area contributed by atoms with Gasteiger partial charge in [0.25, 0.3) is 0 Å². The normalized spacial score (nSPS) is 11.2. The molecule has 0 unspecified atom stereocenters. The molecule has 0 aromatic heterocycles. The van der Waals surface area contributed by atoms with Crippen LogP contribution in [0.3, 0.4) is 0 Å². The van der Waals surface area contributed by atoms with E-state index in [1.807, 2.05) is 0 Å². The van der Waals surface area contributed by atoms with Crippen molar-refractivity contribution in [2.24, 2.45) is 0 Å². The number of rotatable bonds is 8. The molecule has 10 aromatic rings. The molecule has 0 radical (unpaired) electrons. The Bertz CT molecular complexity index is 2950. The van der Waals surface area contributed by atoms with E-state index in [0.29, 0.717) is 0 Å². The van der Waals surface area contributed by atoms with E-state index in [4.69, 9.17) is 0 Å². The van der Waals surface area contributed by atoms with Gasteiger partial charge < -0.3 is 4.90 Å². The van der Waals surface area contributed by atoms with Crippen LogP contribution in [0.5, 0.6) is 0 Å². The van der Waals surface area contributed by atoms with Gasteiger partial charge in [-0.1, -0.05) is 194 Å². The molecule has 10 aromatic carbocycles. The molecular formula is C56H39N. The van der Waals surface area contributed by atoms with Crippen molar-refractivity contribution in [1.29, 1.82) is 0 Å². The third kappa shape index (κ3) is 6.56.